The summed E-state index contributed by atoms with van der Waals surface area (Å²) in [5, 5.41) is 0.686. The molecule has 3 heteroatoms. The van der Waals surface area contributed by atoms with Crippen molar-refractivity contribution >= 4 is 29.1 Å². The summed E-state index contributed by atoms with van der Waals surface area (Å²) in [5.41, 5.74) is 1.90. The third-order valence-electron chi connectivity index (χ3n) is 1.96. The molecule has 2 nitrogen and oxygen atoms in total. The molecule has 15 heavy (non-hydrogen) atoms. The summed E-state index contributed by atoms with van der Waals surface area (Å²) in [6.45, 7) is 1.52. The molecule has 0 saturated carbocycles. The van der Waals surface area contributed by atoms with Crippen LogP contribution in [0.2, 0.25) is 5.02 Å². The maximum atomic E-state index is 10.7. The Balaban J connectivity index is 2.96. The van der Waals surface area contributed by atoms with Gasteiger partial charge in [-0.25, -0.2) is 0 Å². The number of allylic oxidation sites excluding steroid dienone is 1. The van der Waals surface area contributed by atoms with Crippen molar-refractivity contribution in [3.8, 4) is 0 Å². The summed E-state index contributed by atoms with van der Waals surface area (Å²) in [6.07, 6.45) is 3.29. The molecule has 0 aromatic heterocycles. The van der Waals surface area contributed by atoms with Crippen molar-refractivity contribution in [1.29, 1.82) is 0 Å². The molecule has 0 atom stereocenters. The number of hydrogen-bond acceptors (Lipinski definition) is 2. The van der Waals surface area contributed by atoms with Gasteiger partial charge in [0.15, 0.2) is 5.78 Å². The van der Waals surface area contributed by atoms with Gasteiger partial charge in [0.05, 0.1) is 10.7 Å². The smallest absolute Gasteiger partial charge is 0.152 e. The second kappa shape index (κ2) is 4.99. The summed E-state index contributed by atoms with van der Waals surface area (Å²) in [7, 11) is 3.87. The highest BCUT2D eigenvalue weighted by molar-refractivity contribution is 6.33. The lowest BCUT2D eigenvalue weighted by molar-refractivity contribution is -0.112. The van der Waals surface area contributed by atoms with Gasteiger partial charge in [0.2, 0.25) is 0 Å². The minimum atomic E-state index is 0.0304. The molecule has 0 N–H and O–H groups in total. The van der Waals surface area contributed by atoms with E-state index in [1.165, 1.54) is 13.0 Å². The number of benzene rings is 1. The monoisotopic (exact) mass is 223 g/mol. The van der Waals surface area contributed by atoms with Gasteiger partial charge >= 0.3 is 0 Å². The summed E-state index contributed by atoms with van der Waals surface area (Å²) in [4.78, 5) is 12.7. The second-order valence-corrected chi connectivity index (χ2v) is 3.96. The Morgan fingerprint density at radius 2 is 2.07 bits per heavy atom. The Labute approximate surface area is 95.2 Å². The van der Waals surface area contributed by atoms with Gasteiger partial charge in [-0.3, -0.25) is 4.79 Å². The molecule has 0 bridgehead atoms. The maximum Gasteiger partial charge on any atom is 0.152 e. The fourth-order valence-electron chi connectivity index (χ4n) is 1.20. The molecule has 0 aliphatic carbocycles. The molecular weight excluding hydrogens is 210 g/mol. The molecule has 0 radical (unpaired) electrons. The lowest BCUT2D eigenvalue weighted by Gasteiger charge is -2.14. The van der Waals surface area contributed by atoms with Gasteiger partial charge in [-0.1, -0.05) is 23.7 Å². The summed E-state index contributed by atoms with van der Waals surface area (Å²) < 4.78 is 0. The minimum absolute atomic E-state index is 0.0304. The third kappa shape index (κ3) is 3.40. The molecule has 0 spiro atoms. The van der Waals surface area contributed by atoms with Crippen molar-refractivity contribution in [3.63, 3.8) is 0 Å². The van der Waals surface area contributed by atoms with Gasteiger partial charge < -0.3 is 4.90 Å². The van der Waals surface area contributed by atoms with Crippen LogP contribution >= 0.6 is 11.6 Å². The van der Waals surface area contributed by atoms with Crippen LogP contribution in [0.3, 0.4) is 0 Å². The maximum absolute atomic E-state index is 10.7. The van der Waals surface area contributed by atoms with Crippen molar-refractivity contribution in [2.45, 2.75) is 6.92 Å². The van der Waals surface area contributed by atoms with Crippen molar-refractivity contribution in [3.05, 3.63) is 34.9 Å². The summed E-state index contributed by atoms with van der Waals surface area (Å²) in [5.74, 6) is 0.0304. The van der Waals surface area contributed by atoms with E-state index in [1.807, 2.05) is 37.2 Å². The van der Waals surface area contributed by atoms with Crippen LogP contribution in [0.4, 0.5) is 5.69 Å². The Morgan fingerprint density at radius 3 is 2.53 bits per heavy atom. The molecule has 1 rings (SSSR count). The quantitative estimate of drug-likeness (QED) is 0.735. The highest BCUT2D eigenvalue weighted by atomic mass is 35.5. The fraction of sp³-hybridized carbons (Fsp3) is 0.250. The molecule has 0 amide bonds. The molecule has 0 aliphatic rings. The molecular formula is C12H14ClNO. The van der Waals surface area contributed by atoms with Crippen LogP contribution in [0.25, 0.3) is 6.08 Å². The molecule has 1 aromatic carbocycles. The van der Waals surface area contributed by atoms with E-state index in [4.69, 9.17) is 11.6 Å². The van der Waals surface area contributed by atoms with Crippen molar-refractivity contribution in [1.82, 2.24) is 0 Å². The standard InChI is InChI=1S/C12H14ClNO/c1-9(15)4-5-10-6-7-12(14(2)3)11(13)8-10/h4-8H,1-3H3/b5-4+. The molecule has 0 fully saturated rings. The van der Waals surface area contributed by atoms with E-state index in [1.54, 1.807) is 6.08 Å². The predicted molar refractivity (Wildman–Crippen MR) is 65.5 cm³/mol. The Hall–Kier alpha value is -1.28. The number of anilines is 1. The number of carbonyl (C=O) groups excluding carboxylic acids is 1. The molecule has 80 valence electrons. The molecule has 1 aromatic rings. The van der Waals surface area contributed by atoms with Crippen LogP contribution in [0, 0.1) is 0 Å². The largest absolute Gasteiger partial charge is 0.376 e. The van der Waals surface area contributed by atoms with Crippen molar-refractivity contribution in [2.24, 2.45) is 0 Å². The van der Waals surface area contributed by atoms with Crippen LogP contribution in [-0.2, 0) is 4.79 Å². The van der Waals surface area contributed by atoms with Crippen LogP contribution in [0.15, 0.2) is 24.3 Å². The zero-order chi connectivity index (χ0) is 11.4. The van der Waals surface area contributed by atoms with Crippen LogP contribution in [-0.4, -0.2) is 19.9 Å². The van der Waals surface area contributed by atoms with Crippen LogP contribution in [0.5, 0.6) is 0 Å². The van der Waals surface area contributed by atoms with Gasteiger partial charge in [0.1, 0.15) is 0 Å². The zero-order valence-electron chi connectivity index (χ0n) is 9.12. The Kier molecular flexibility index (Phi) is 3.92. The Morgan fingerprint density at radius 1 is 1.40 bits per heavy atom. The minimum Gasteiger partial charge on any atom is -0.376 e. The highest BCUT2D eigenvalue weighted by Crippen LogP contribution is 2.25. The van der Waals surface area contributed by atoms with E-state index in [0.29, 0.717) is 5.02 Å². The normalized spacial score (nSPS) is 10.7. The van der Waals surface area contributed by atoms with E-state index in [-0.39, 0.29) is 5.78 Å². The predicted octanol–water partition coefficient (Wildman–Crippen LogP) is 3.01. The first-order valence-electron chi connectivity index (χ1n) is 4.66. The zero-order valence-corrected chi connectivity index (χ0v) is 9.88. The van der Waals surface area contributed by atoms with Gasteiger partial charge in [-0.05, 0) is 30.7 Å². The number of nitrogens with zero attached hydrogens (tertiary/aromatic N) is 1. The summed E-state index contributed by atoms with van der Waals surface area (Å²) in [6, 6.07) is 5.71. The number of ketones is 1. The van der Waals surface area contributed by atoms with E-state index in [9.17, 15) is 4.79 Å². The van der Waals surface area contributed by atoms with E-state index in [2.05, 4.69) is 0 Å². The third-order valence-corrected chi connectivity index (χ3v) is 2.27. The van der Waals surface area contributed by atoms with Crippen molar-refractivity contribution in [2.75, 3.05) is 19.0 Å². The SMILES string of the molecule is CC(=O)/C=C/c1ccc(N(C)C)c(Cl)c1. The number of rotatable bonds is 3. The topological polar surface area (TPSA) is 20.3 Å². The Bertz CT molecular complexity index is 397. The van der Waals surface area contributed by atoms with Crippen molar-refractivity contribution < 1.29 is 4.79 Å². The van der Waals surface area contributed by atoms with E-state index in [0.717, 1.165) is 11.3 Å². The average Bonchev–Trinajstić information content (AvgIpc) is 2.14. The van der Waals surface area contributed by atoms with E-state index < -0.39 is 0 Å². The van der Waals surface area contributed by atoms with Crippen LogP contribution < -0.4 is 4.90 Å². The van der Waals surface area contributed by atoms with Gasteiger partial charge in [-0.2, -0.15) is 0 Å². The lowest BCUT2D eigenvalue weighted by Crippen LogP contribution is -2.08. The number of hydrogen-bond donors (Lipinski definition) is 0. The first kappa shape index (κ1) is 11.8. The molecule has 0 unspecified atom stereocenters. The first-order valence-corrected chi connectivity index (χ1v) is 5.04. The number of carbonyl (C=O) groups is 1. The second-order valence-electron chi connectivity index (χ2n) is 3.55. The van der Waals surface area contributed by atoms with Gasteiger partial charge in [0, 0.05) is 14.1 Å². The van der Waals surface area contributed by atoms with Gasteiger partial charge in [-0.15, -0.1) is 0 Å². The number of halogens is 1. The molecule has 0 aliphatic heterocycles. The average molecular weight is 224 g/mol. The lowest BCUT2D eigenvalue weighted by atomic mass is 10.1. The van der Waals surface area contributed by atoms with Gasteiger partial charge in [0.25, 0.3) is 0 Å². The summed E-state index contributed by atoms with van der Waals surface area (Å²) >= 11 is 6.08. The first-order chi connectivity index (χ1) is 7.00. The highest BCUT2D eigenvalue weighted by Gasteiger charge is 2.01. The molecule has 0 saturated heterocycles. The van der Waals surface area contributed by atoms with E-state index >= 15 is 0 Å². The van der Waals surface area contributed by atoms with Crippen LogP contribution in [0.1, 0.15) is 12.5 Å². The fourth-order valence-corrected chi connectivity index (χ4v) is 1.56. The molecule has 0 heterocycles.